The van der Waals surface area contributed by atoms with Gasteiger partial charge in [-0.3, -0.25) is 4.99 Å². The van der Waals surface area contributed by atoms with Crippen LogP contribution in [-0.2, 0) is 0 Å². The number of nitrogens with zero attached hydrogens (tertiary/aromatic N) is 1. The first-order valence-corrected chi connectivity index (χ1v) is 11.6. The van der Waals surface area contributed by atoms with Crippen LogP contribution in [0.1, 0.15) is 115 Å². The summed E-state index contributed by atoms with van der Waals surface area (Å²) in [4.78, 5) is 4.47. The SMILES string of the molecule is CCCCCCCCCCCCCCCCCC/N=C/c1ccc(O)cc1. The van der Waals surface area contributed by atoms with E-state index < -0.39 is 0 Å². The minimum absolute atomic E-state index is 0.310. The topological polar surface area (TPSA) is 32.6 Å². The van der Waals surface area contributed by atoms with E-state index in [1.165, 1.54) is 103 Å². The molecule has 0 saturated carbocycles. The maximum atomic E-state index is 9.24. The molecule has 1 rings (SSSR count). The first kappa shape index (κ1) is 23.7. The van der Waals surface area contributed by atoms with Crippen molar-refractivity contribution in [2.24, 2.45) is 4.99 Å². The zero-order valence-electron chi connectivity index (χ0n) is 17.8. The molecular formula is C25H43NO. The fraction of sp³-hybridized carbons (Fsp3) is 0.720. The van der Waals surface area contributed by atoms with Crippen LogP contribution in [0.4, 0.5) is 0 Å². The molecule has 154 valence electrons. The summed E-state index contributed by atoms with van der Waals surface area (Å²) >= 11 is 0. The van der Waals surface area contributed by atoms with Gasteiger partial charge >= 0.3 is 0 Å². The molecule has 1 N–H and O–H groups in total. The summed E-state index contributed by atoms with van der Waals surface area (Å²) in [6, 6.07) is 7.20. The van der Waals surface area contributed by atoms with E-state index in [2.05, 4.69) is 11.9 Å². The van der Waals surface area contributed by atoms with Gasteiger partial charge in [-0.15, -0.1) is 0 Å². The molecule has 0 spiro atoms. The minimum Gasteiger partial charge on any atom is -0.508 e. The molecule has 0 aromatic heterocycles. The normalized spacial score (nSPS) is 11.4. The van der Waals surface area contributed by atoms with Crippen molar-refractivity contribution in [3.8, 4) is 5.75 Å². The van der Waals surface area contributed by atoms with E-state index in [4.69, 9.17) is 0 Å². The first-order chi connectivity index (χ1) is 13.3. The van der Waals surface area contributed by atoms with Crippen molar-refractivity contribution in [3.05, 3.63) is 29.8 Å². The van der Waals surface area contributed by atoms with Crippen LogP contribution in [0.2, 0.25) is 0 Å². The molecule has 27 heavy (non-hydrogen) atoms. The second-order valence-electron chi connectivity index (χ2n) is 7.93. The van der Waals surface area contributed by atoms with Crippen LogP contribution >= 0.6 is 0 Å². The number of hydrogen-bond acceptors (Lipinski definition) is 2. The third-order valence-electron chi connectivity index (χ3n) is 5.27. The van der Waals surface area contributed by atoms with E-state index >= 15 is 0 Å². The Morgan fingerprint density at radius 2 is 1.04 bits per heavy atom. The monoisotopic (exact) mass is 373 g/mol. The number of benzene rings is 1. The van der Waals surface area contributed by atoms with Gasteiger partial charge in [0.15, 0.2) is 0 Å². The molecule has 0 radical (unpaired) electrons. The van der Waals surface area contributed by atoms with Crippen LogP contribution < -0.4 is 0 Å². The van der Waals surface area contributed by atoms with Gasteiger partial charge in [0.1, 0.15) is 5.75 Å². The number of aliphatic imine (C=N–C) groups is 1. The van der Waals surface area contributed by atoms with Crippen LogP contribution in [0.25, 0.3) is 0 Å². The highest BCUT2D eigenvalue weighted by Crippen LogP contribution is 2.13. The average molecular weight is 374 g/mol. The van der Waals surface area contributed by atoms with Gasteiger partial charge in [0.2, 0.25) is 0 Å². The lowest BCUT2D eigenvalue weighted by Crippen LogP contribution is -1.86. The van der Waals surface area contributed by atoms with Gasteiger partial charge < -0.3 is 5.11 Å². The highest BCUT2D eigenvalue weighted by molar-refractivity contribution is 5.79. The van der Waals surface area contributed by atoms with Gasteiger partial charge in [0.05, 0.1) is 0 Å². The Hall–Kier alpha value is -1.31. The van der Waals surface area contributed by atoms with Gasteiger partial charge in [0, 0.05) is 12.8 Å². The predicted molar refractivity (Wildman–Crippen MR) is 120 cm³/mol. The van der Waals surface area contributed by atoms with Crippen molar-refractivity contribution in [1.29, 1.82) is 0 Å². The summed E-state index contributed by atoms with van der Waals surface area (Å²) in [6.45, 7) is 3.20. The van der Waals surface area contributed by atoms with Gasteiger partial charge in [-0.05, 0) is 36.2 Å². The minimum atomic E-state index is 0.310. The third kappa shape index (κ3) is 15.4. The quantitative estimate of drug-likeness (QED) is 0.205. The van der Waals surface area contributed by atoms with Crippen LogP contribution in [0, 0.1) is 0 Å². The molecule has 0 fully saturated rings. The molecule has 2 nitrogen and oxygen atoms in total. The number of phenolic OH excluding ortho intramolecular Hbond substituents is 1. The lowest BCUT2D eigenvalue weighted by atomic mass is 10.0. The Morgan fingerprint density at radius 3 is 1.48 bits per heavy atom. The van der Waals surface area contributed by atoms with Crippen molar-refractivity contribution >= 4 is 6.21 Å². The van der Waals surface area contributed by atoms with Gasteiger partial charge in [-0.1, -0.05) is 103 Å². The van der Waals surface area contributed by atoms with E-state index in [-0.39, 0.29) is 0 Å². The van der Waals surface area contributed by atoms with E-state index in [0.717, 1.165) is 12.1 Å². The predicted octanol–water partition coefficient (Wildman–Crippen LogP) is 8.07. The average Bonchev–Trinajstić information content (AvgIpc) is 2.68. The van der Waals surface area contributed by atoms with Gasteiger partial charge in [-0.2, -0.15) is 0 Å². The number of rotatable bonds is 18. The summed E-state index contributed by atoms with van der Waals surface area (Å²) in [5.74, 6) is 0.310. The van der Waals surface area contributed by atoms with Crippen molar-refractivity contribution in [2.45, 2.75) is 110 Å². The summed E-state index contributed by atoms with van der Waals surface area (Å²) in [6.07, 6.45) is 24.4. The Balaban J connectivity index is 1.76. The molecule has 0 amide bonds. The van der Waals surface area contributed by atoms with Crippen molar-refractivity contribution in [2.75, 3.05) is 6.54 Å². The molecule has 0 heterocycles. The number of phenols is 1. The van der Waals surface area contributed by atoms with Crippen LogP contribution in [0.5, 0.6) is 5.75 Å². The maximum Gasteiger partial charge on any atom is 0.115 e. The van der Waals surface area contributed by atoms with Crippen LogP contribution in [-0.4, -0.2) is 17.9 Å². The lowest BCUT2D eigenvalue weighted by molar-refractivity contribution is 0.475. The Labute approximate surface area is 168 Å². The summed E-state index contributed by atoms with van der Waals surface area (Å²) < 4.78 is 0. The highest BCUT2D eigenvalue weighted by atomic mass is 16.3. The number of hydrogen-bond donors (Lipinski definition) is 1. The lowest BCUT2D eigenvalue weighted by Gasteiger charge is -2.03. The number of aromatic hydroxyl groups is 1. The molecule has 0 atom stereocenters. The van der Waals surface area contributed by atoms with E-state index in [9.17, 15) is 5.11 Å². The molecule has 0 aliphatic heterocycles. The molecule has 0 aliphatic carbocycles. The molecule has 0 saturated heterocycles. The standard InChI is InChI=1S/C25H43NO/c1-2-3-4-5-6-7-8-9-10-11-12-13-14-15-16-17-22-26-23-24-18-20-25(27)21-19-24/h18-21,23,27H,2-17,22H2,1H3/b26-23+. The van der Waals surface area contributed by atoms with E-state index in [1.54, 1.807) is 12.1 Å². The molecule has 1 aromatic rings. The summed E-state index contributed by atoms with van der Waals surface area (Å²) in [5, 5.41) is 9.24. The number of unbranched alkanes of at least 4 members (excludes halogenated alkanes) is 15. The summed E-state index contributed by atoms with van der Waals surface area (Å²) in [5.41, 5.74) is 1.06. The second kappa shape index (κ2) is 18.1. The van der Waals surface area contributed by atoms with E-state index in [1.807, 2.05) is 18.3 Å². The van der Waals surface area contributed by atoms with Crippen LogP contribution in [0.15, 0.2) is 29.3 Å². The van der Waals surface area contributed by atoms with Gasteiger partial charge in [0.25, 0.3) is 0 Å². The van der Waals surface area contributed by atoms with Crippen molar-refractivity contribution < 1.29 is 5.11 Å². The molecule has 2 heteroatoms. The van der Waals surface area contributed by atoms with Crippen molar-refractivity contribution in [1.82, 2.24) is 0 Å². The molecule has 0 aliphatic rings. The Bertz CT molecular complexity index is 452. The summed E-state index contributed by atoms with van der Waals surface area (Å²) in [7, 11) is 0. The Kier molecular flexibility index (Phi) is 15.9. The second-order valence-corrected chi connectivity index (χ2v) is 7.93. The first-order valence-electron chi connectivity index (χ1n) is 11.6. The molecule has 0 unspecified atom stereocenters. The molecule has 0 bridgehead atoms. The molecular weight excluding hydrogens is 330 g/mol. The molecule has 1 aromatic carbocycles. The van der Waals surface area contributed by atoms with Gasteiger partial charge in [-0.25, -0.2) is 0 Å². The zero-order chi connectivity index (χ0) is 19.4. The maximum absolute atomic E-state index is 9.24. The highest BCUT2D eigenvalue weighted by Gasteiger charge is 1.94. The van der Waals surface area contributed by atoms with Crippen molar-refractivity contribution in [3.63, 3.8) is 0 Å². The smallest absolute Gasteiger partial charge is 0.115 e. The zero-order valence-corrected chi connectivity index (χ0v) is 17.8. The Morgan fingerprint density at radius 1 is 0.630 bits per heavy atom. The largest absolute Gasteiger partial charge is 0.508 e. The van der Waals surface area contributed by atoms with Crippen LogP contribution in [0.3, 0.4) is 0 Å². The fourth-order valence-electron chi connectivity index (χ4n) is 3.48. The van der Waals surface area contributed by atoms with E-state index in [0.29, 0.717) is 5.75 Å². The fourth-order valence-corrected chi connectivity index (χ4v) is 3.48. The third-order valence-corrected chi connectivity index (χ3v) is 5.27.